The maximum absolute atomic E-state index is 11.9. The van der Waals surface area contributed by atoms with E-state index in [9.17, 15) is 4.79 Å². The van der Waals surface area contributed by atoms with Crippen LogP contribution in [0.25, 0.3) is 0 Å². The number of thiazole rings is 1. The van der Waals surface area contributed by atoms with Crippen LogP contribution in [-0.4, -0.2) is 54.2 Å². The number of amides is 1. The van der Waals surface area contributed by atoms with Crippen LogP contribution in [-0.2, 0) is 11.3 Å². The van der Waals surface area contributed by atoms with Crippen LogP contribution in [0.5, 0.6) is 0 Å². The molecule has 1 amide bonds. The predicted molar refractivity (Wildman–Crippen MR) is 98.5 cm³/mol. The van der Waals surface area contributed by atoms with Crippen molar-refractivity contribution < 1.29 is 9.53 Å². The van der Waals surface area contributed by atoms with Crippen molar-refractivity contribution in [2.75, 3.05) is 26.7 Å². The summed E-state index contributed by atoms with van der Waals surface area (Å²) in [5, 5.41) is 7.38. The Balaban J connectivity index is 2.44. The molecule has 8 heteroatoms. The first kappa shape index (κ1) is 20.2. The molecule has 0 aliphatic carbocycles. The zero-order valence-electron chi connectivity index (χ0n) is 15.5. The molecule has 0 aliphatic heterocycles. The first-order valence-corrected chi connectivity index (χ1v) is 8.90. The smallest absolute Gasteiger partial charge is 0.410 e. The number of hydrogen-bond acceptors (Lipinski definition) is 5. The van der Waals surface area contributed by atoms with Gasteiger partial charge < -0.3 is 20.3 Å². The Kier molecular flexibility index (Phi) is 7.97. The van der Waals surface area contributed by atoms with Crippen molar-refractivity contribution in [1.29, 1.82) is 0 Å². The highest BCUT2D eigenvalue weighted by molar-refractivity contribution is 7.11. The Morgan fingerprint density at radius 1 is 1.42 bits per heavy atom. The second-order valence-electron chi connectivity index (χ2n) is 6.39. The largest absolute Gasteiger partial charge is 0.444 e. The third kappa shape index (κ3) is 8.14. The van der Waals surface area contributed by atoms with E-state index in [-0.39, 0.29) is 6.09 Å². The summed E-state index contributed by atoms with van der Waals surface area (Å²) in [6, 6.07) is 0. The van der Waals surface area contributed by atoms with Crippen molar-refractivity contribution in [3.63, 3.8) is 0 Å². The van der Waals surface area contributed by atoms with Crippen molar-refractivity contribution in [3.8, 4) is 0 Å². The van der Waals surface area contributed by atoms with Gasteiger partial charge in [-0.2, -0.15) is 0 Å². The van der Waals surface area contributed by atoms with Crippen LogP contribution < -0.4 is 10.6 Å². The average molecular weight is 356 g/mol. The van der Waals surface area contributed by atoms with Gasteiger partial charge in [0, 0.05) is 37.8 Å². The molecule has 2 N–H and O–H groups in total. The molecule has 1 heterocycles. The molecule has 0 saturated heterocycles. The molecule has 0 aliphatic rings. The van der Waals surface area contributed by atoms with Crippen LogP contribution in [0, 0.1) is 6.92 Å². The molecule has 0 atom stereocenters. The lowest BCUT2D eigenvalue weighted by Crippen LogP contribution is -2.43. The minimum Gasteiger partial charge on any atom is -0.444 e. The average Bonchev–Trinajstić information content (AvgIpc) is 2.88. The SMILES string of the molecule is CCNC(=NCc1ncc(C)s1)NCCN(C)C(=O)OC(C)(C)C. The van der Waals surface area contributed by atoms with Crippen molar-refractivity contribution in [2.45, 2.75) is 46.8 Å². The van der Waals surface area contributed by atoms with Gasteiger partial charge in [-0.25, -0.2) is 14.8 Å². The summed E-state index contributed by atoms with van der Waals surface area (Å²) in [5.41, 5.74) is -0.485. The molecular formula is C16H29N5O2S. The van der Waals surface area contributed by atoms with Crippen molar-refractivity contribution in [3.05, 3.63) is 16.1 Å². The number of hydrogen-bond donors (Lipinski definition) is 2. The van der Waals surface area contributed by atoms with Crippen LogP contribution in [0.1, 0.15) is 37.6 Å². The van der Waals surface area contributed by atoms with Crippen molar-refractivity contribution in [1.82, 2.24) is 20.5 Å². The van der Waals surface area contributed by atoms with Gasteiger partial charge in [0.2, 0.25) is 0 Å². The second-order valence-corrected chi connectivity index (χ2v) is 7.71. The molecule has 0 spiro atoms. The lowest BCUT2D eigenvalue weighted by molar-refractivity contribution is 0.0302. The molecule has 0 aromatic carbocycles. The summed E-state index contributed by atoms with van der Waals surface area (Å²) in [7, 11) is 1.72. The third-order valence-electron chi connectivity index (χ3n) is 2.83. The summed E-state index contributed by atoms with van der Waals surface area (Å²) < 4.78 is 5.32. The van der Waals surface area contributed by atoms with Crippen LogP contribution in [0.3, 0.4) is 0 Å². The monoisotopic (exact) mass is 355 g/mol. The number of nitrogens with zero attached hydrogens (tertiary/aromatic N) is 3. The lowest BCUT2D eigenvalue weighted by Gasteiger charge is -2.24. The second kappa shape index (κ2) is 9.46. The number of likely N-dealkylation sites (N-methyl/N-ethyl adjacent to an activating group) is 1. The molecule has 7 nitrogen and oxygen atoms in total. The highest BCUT2D eigenvalue weighted by Gasteiger charge is 2.19. The van der Waals surface area contributed by atoms with E-state index in [1.807, 2.05) is 40.8 Å². The van der Waals surface area contributed by atoms with Crippen molar-refractivity contribution in [2.24, 2.45) is 4.99 Å². The lowest BCUT2D eigenvalue weighted by atomic mass is 10.2. The Morgan fingerprint density at radius 3 is 2.67 bits per heavy atom. The van der Waals surface area contributed by atoms with Gasteiger partial charge in [-0.1, -0.05) is 0 Å². The summed E-state index contributed by atoms with van der Waals surface area (Å²) in [6.07, 6.45) is 1.52. The molecule has 0 saturated carbocycles. The van der Waals surface area contributed by atoms with Gasteiger partial charge in [0.25, 0.3) is 0 Å². The fourth-order valence-electron chi connectivity index (χ4n) is 1.74. The van der Waals surface area contributed by atoms with E-state index in [1.165, 1.54) is 4.88 Å². The van der Waals surface area contributed by atoms with E-state index >= 15 is 0 Å². The molecule has 0 fully saturated rings. The quantitative estimate of drug-likeness (QED) is 0.605. The molecule has 1 aromatic rings. The maximum Gasteiger partial charge on any atom is 0.410 e. The maximum atomic E-state index is 11.9. The third-order valence-corrected chi connectivity index (χ3v) is 3.73. The van der Waals surface area contributed by atoms with Crippen LogP contribution in [0.4, 0.5) is 4.79 Å². The molecule has 0 radical (unpaired) electrons. The number of aromatic nitrogens is 1. The van der Waals surface area contributed by atoms with Gasteiger partial charge in [-0.3, -0.25) is 0 Å². The van der Waals surface area contributed by atoms with E-state index in [4.69, 9.17) is 4.74 Å². The standard InChI is InChI=1S/C16H29N5O2S/c1-7-17-14(20-11-13-19-10-12(2)24-13)18-8-9-21(6)15(22)23-16(3,4)5/h10H,7-9,11H2,1-6H3,(H2,17,18,20). The number of ether oxygens (including phenoxy) is 1. The normalized spacial score (nSPS) is 12.0. The Hall–Kier alpha value is -1.83. The Bertz CT molecular complexity index is 551. The van der Waals surface area contributed by atoms with E-state index in [2.05, 4.69) is 20.6 Å². The molecule has 1 rings (SSSR count). The van der Waals surface area contributed by atoms with Gasteiger partial charge in [0.05, 0.1) is 6.54 Å². The molecule has 136 valence electrons. The van der Waals surface area contributed by atoms with Gasteiger partial charge in [0.1, 0.15) is 10.6 Å². The predicted octanol–water partition coefficient (Wildman–Crippen LogP) is 2.37. The summed E-state index contributed by atoms with van der Waals surface area (Å²) >= 11 is 1.64. The van der Waals surface area contributed by atoms with Crippen LogP contribution >= 0.6 is 11.3 Å². The number of rotatable bonds is 6. The first-order chi connectivity index (χ1) is 11.2. The topological polar surface area (TPSA) is 78.9 Å². The molecular weight excluding hydrogens is 326 g/mol. The molecule has 0 unspecified atom stereocenters. The van der Waals surface area contributed by atoms with E-state index in [0.717, 1.165) is 11.6 Å². The Labute approximate surface area is 148 Å². The van der Waals surface area contributed by atoms with Gasteiger partial charge in [-0.05, 0) is 34.6 Å². The minimum atomic E-state index is -0.485. The number of nitrogens with one attached hydrogen (secondary N) is 2. The van der Waals surface area contributed by atoms with Crippen molar-refractivity contribution >= 4 is 23.4 Å². The van der Waals surface area contributed by atoms with E-state index in [1.54, 1.807) is 23.3 Å². The molecule has 24 heavy (non-hydrogen) atoms. The van der Waals surface area contributed by atoms with E-state index in [0.29, 0.717) is 25.6 Å². The number of carbonyl (C=O) groups excluding carboxylic acids is 1. The highest BCUT2D eigenvalue weighted by Crippen LogP contribution is 2.11. The van der Waals surface area contributed by atoms with Gasteiger partial charge in [0.15, 0.2) is 5.96 Å². The number of aliphatic imine (C=N–C) groups is 1. The number of guanidine groups is 1. The highest BCUT2D eigenvalue weighted by atomic mass is 32.1. The minimum absolute atomic E-state index is 0.329. The molecule has 0 bridgehead atoms. The van der Waals surface area contributed by atoms with Crippen LogP contribution in [0.15, 0.2) is 11.2 Å². The fraction of sp³-hybridized carbons (Fsp3) is 0.688. The van der Waals surface area contributed by atoms with Gasteiger partial charge >= 0.3 is 6.09 Å². The van der Waals surface area contributed by atoms with Crippen LogP contribution in [0.2, 0.25) is 0 Å². The molecule has 1 aromatic heterocycles. The first-order valence-electron chi connectivity index (χ1n) is 8.09. The van der Waals surface area contributed by atoms with E-state index < -0.39 is 5.60 Å². The summed E-state index contributed by atoms with van der Waals surface area (Å²) in [5.74, 6) is 0.711. The summed E-state index contributed by atoms with van der Waals surface area (Å²) in [6.45, 7) is 12.0. The Morgan fingerprint density at radius 2 is 2.12 bits per heavy atom. The zero-order chi connectivity index (χ0) is 18.2. The summed E-state index contributed by atoms with van der Waals surface area (Å²) in [4.78, 5) is 23.4. The number of aryl methyl sites for hydroxylation is 1. The number of carbonyl (C=O) groups is 1. The van der Waals surface area contributed by atoms with Gasteiger partial charge in [-0.15, -0.1) is 11.3 Å². The fourth-order valence-corrected chi connectivity index (χ4v) is 2.45. The zero-order valence-corrected chi connectivity index (χ0v) is 16.3.